The Morgan fingerprint density at radius 3 is 1.76 bits per heavy atom. The summed E-state index contributed by atoms with van der Waals surface area (Å²) in [5, 5.41) is 9.45. The molecule has 2 aromatic carbocycles. The van der Waals surface area contributed by atoms with Gasteiger partial charge in [-0.15, -0.1) is 0 Å². The van der Waals surface area contributed by atoms with Gasteiger partial charge in [0.2, 0.25) is 0 Å². The van der Waals surface area contributed by atoms with Crippen LogP contribution in [0.3, 0.4) is 0 Å². The molecule has 0 amide bonds. The first-order valence-electron chi connectivity index (χ1n) is 14.7. The Morgan fingerprint density at radius 1 is 0.756 bits per heavy atom. The molecule has 0 atom stereocenters. The van der Waals surface area contributed by atoms with E-state index in [0.29, 0.717) is 55.8 Å². The molecule has 0 aliphatic carbocycles. The summed E-state index contributed by atoms with van der Waals surface area (Å²) < 4.78 is 35.7. The smallest absolute Gasteiger partial charge is 0.329 e. The quantitative estimate of drug-likeness (QED) is 0.249. The van der Waals surface area contributed by atoms with E-state index in [1.165, 1.54) is 38.5 Å². The van der Waals surface area contributed by atoms with Crippen LogP contribution in [0.1, 0.15) is 64.7 Å². The van der Waals surface area contributed by atoms with E-state index >= 15 is 0 Å². The molecule has 0 radical (unpaired) electrons. The molecule has 2 aromatic rings. The van der Waals surface area contributed by atoms with Gasteiger partial charge in [-0.25, -0.2) is 4.79 Å². The summed E-state index contributed by atoms with van der Waals surface area (Å²) in [5.41, 5.74) is -1.35. The highest BCUT2D eigenvalue weighted by Crippen LogP contribution is 2.30. The van der Waals surface area contributed by atoms with E-state index in [2.05, 4.69) is 18.8 Å². The summed E-state index contributed by atoms with van der Waals surface area (Å²) in [7, 11) is 0. The van der Waals surface area contributed by atoms with Crippen molar-refractivity contribution in [2.24, 2.45) is 0 Å². The van der Waals surface area contributed by atoms with Gasteiger partial charge in [0, 0.05) is 6.42 Å². The molecule has 1 N–H and O–H groups in total. The van der Waals surface area contributed by atoms with Crippen LogP contribution >= 0.6 is 0 Å². The molecular weight excluding hydrogens is 524 g/mol. The van der Waals surface area contributed by atoms with Crippen LogP contribution in [0.25, 0.3) is 0 Å². The molecule has 0 bridgehead atoms. The molecule has 0 spiro atoms. The van der Waals surface area contributed by atoms with E-state index < -0.39 is 18.2 Å². The third kappa shape index (κ3) is 12.3. The number of hydrogen-bond acceptors (Lipinski definition) is 7. The van der Waals surface area contributed by atoms with E-state index in [1.54, 1.807) is 12.1 Å². The Morgan fingerprint density at radius 2 is 1.24 bits per heavy atom. The summed E-state index contributed by atoms with van der Waals surface area (Å²) in [4.78, 5) is 11.5. The van der Waals surface area contributed by atoms with Gasteiger partial charge < -0.3 is 33.5 Å². The number of fused-ring (bicyclic) bond motifs is 2. The van der Waals surface area contributed by atoms with Crippen molar-refractivity contribution >= 4 is 5.97 Å². The van der Waals surface area contributed by atoms with E-state index in [0.717, 1.165) is 12.8 Å². The van der Waals surface area contributed by atoms with Gasteiger partial charge in [-0.2, -0.15) is 0 Å². The van der Waals surface area contributed by atoms with Gasteiger partial charge in [0.1, 0.15) is 33.0 Å². The molecule has 1 aliphatic heterocycles. The number of benzene rings is 2. The second-order valence-electron chi connectivity index (χ2n) is 9.98. The van der Waals surface area contributed by atoms with Crippen LogP contribution in [0.2, 0.25) is 0 Å². The van der Waals surface area contributed by atoms with Gasteiger partial charge in [-0.1, -0.05) is 88.0 Å². The molecule has 1 heterocycles. The fourth-order valence-electron chi connectivity index (χ4n) is 4.29. The first-order valence-corrected chi connectivity index (χ1v) is 14.7. The number of unbranched alkanes of at least 4 members (excludes halogenated alkanes) is 8. The van der Waals surface area contributed by atoms with Crippen molar-refractivity contribution in [3.63, 3.8) is 0 Å². The second kappa shape index (κ2) is 18.8. The second-order valence-corrected chi connectivity index (χ2v) is 9.98. The number of hydrogen-bond donors (Lipinski definition) is 1. The Balaban J connectivity index is 1.79. The standard InChI is InChI=1S/C33H44O8/c1-2-3-4-5-6-7-8-9-10-15-20-33(41-25-32(34)35)26-39-30-18-13-11-16-28(30)37-23-21-36-22-24-38-29-17-12-14-19-31(29)40-27-33/h11-14,16-19H,2-10,21-27H2,1H3,(H,34,35). The molecular formula is C33H44O8. The predicted molar refractivity (Wildman–Crippen MR) is 157 cm³/mol. The first-order chi connectivity index (χ1) is 20.1. The maximum Gasteiger partial charge on any atom is 0.329 e. The van der Waals surface area contributed by atoms with Gasteiger partial charge >= 0.3 is 5.97 Å². The minimum atomic E-state index is -1.35. The van der Waals surface area contributed by atoms with Crippen LogP contribution in [-0.4, -0.2) is 62.9 Å². The highest BCUT2D eigenvalue weighted by atomic mass is 16.6. The van der Waals surface area contributed by atoms with Crippen LogP contribution in [0.4, 0.5) is 0 Å². The predicted octanol–water partition coefficient (Wildman–Crippen LogP) is 6.31. The number of para-hydroxylation sites is 4. The zero-order valence-electron chi connectivity index (χ0n) is 24.2. The fraction of sp³-hybridized carbons (Fsp3) is 0.545. The summed E-state index contributed by atoms with van der Waals surface area (Å²) in [6, 6.07) is 14.6. The zero-order chi connectivity index (χ0) is 29.0. The molecule has 3 rings (SSSR count). The molecule has 0 saturated carbocycles. The van der Waals surface area contributed by atoms with Crippen LogP contribution in [0, 0.1) is 11.8 Å². The van der Waals surface area contributed by atoms with Gasteiger partial charge in [-0.05, 0) is 30.7 Å². The SMILES string of the molecule is CCCCCCCCCCC#CC1(OCC(=O)O)COc2ccccc2OCCOCCOc2ccccc2OC1. The molecule has 1 aliphatic rings. The Bertz CT molecular complexity index is 1030. The topological polar surface area (TPSA) is 92.7 Å². The van der Waals surface area contributed by atoms with Crippen molar-refractivity contribution in [3.8, 4) is 34.8 Å². The van der Waals surface area contributed by atoms with Crippen LogP contribution in [0.5, 0.6) is 23.0 Å². The van der Waals surface area contributed by atoms with Gasteiger partial charge in [0.25, 0.3) is 0 Å². The summed E-state index contributed by atoms with van der Waals surface area (Å²) in [5.74, 6) is 7.39. The van der Waals surface area contributed by atoms with Crippen molar-refractivity contribution in [1.82, 2.24) is 0 Å². The van der Waals surface area contributed by atoms with E-state index in [9.17, 15) is 9.90 Å². The Labute approximate surface area is 244 Å². The lowest BCUT2D eigenvalue weighted by Gasteiger charge is -2.29. The van der Waals surface area contributed by atoms with E-state index in [-0.39, 0.29) is 13.2 Å². The molecule has 0 unspecified atom stereocenters. The largest absolute Gasteiger partial charge is 0.487 e. The number of ether oxygens (including phenoxy) is 6. The molecule has 0 aromatic heterocycles. The number of carboxylic acids is 1. The number of aliphatic carboxylic acids is 1. The van der Waals surface area contributed by atoms with Crippen LogP contribution in [-0.2, 0) is 14.3 Å². The van der Waals surface area contributed by atoms with E-state index in [1.807, 2.05) is 36.4 Å². The normalized spacial score (nSPS) is 15.3. The maximum atomic E-state index is 11.5. The van der Waals surface area contributed by atoms with Crippen molar-refractivity contribution in [2.75, 3.05) is 46.2 Å². The van der Waals surface area contributed by atoms with Crippen molar-refractivity contribution in [3.05, 3.63) is 48.5 Å². The average Bonchev–Trinajstić information content (AvgIpc) is 2.98. The minimum absolute atomic E-state index is 0.0649. The monoisotopic (exact) mass is 568 g/mol. The highest BCUT2D eigenvalue weighted by molar-refractivity contribution is 5.68. The van der Waals surface area contributed by atoms with Gasteiger partial charge in [-0.3, -0.25) is 0 Å². The van der Waals surface area contributed by atoms with Crippen LogP contribution in [0.15, 0.2) is 48.5 Å². The van der Waals surface area contributed by atoms with Crippen molar-refractivity contribution in [1.29, 1.82) is 0 Å². The molecule has 0 fully saturated rings. The molecule has 8 heteroatoms. The lowest BCUT2D eigenvalue weighted by atomic mass is 10.0. The van der Waals surface area contributed by atoms with Crippen LogP contribution < -0.4 is 18.9 Å². The van der Waals surface area contributed by atoms with E-state index in [4.69, 9.17) is 28.4 Å². The lowest BCUT2D eigenvalue weighted by Crippen LogP contribution is -2.45. The summed E-state index contributed by atoms with van der Waals surface area (Å²) in [6.45, 7) is 2.97. The average molecular weight is 569 g/mol. The fourth-order valence-corrected chi connectivity index (χ4v) is 4.29. The number of carbonyl (C=O) groups is 1. The first kappa shape index (κ1) is 32.1. The molecule has 0 saturated heterocycles. The zero-order valence-corrected chi connectivity index (χ0v) is 24.2. The third-order valence-corrected chi connectivity index (χ3v) is 6.53. The summed E-state index contributed by atoms with van der Waals surface area (Å²) in [6.07, 6.45) is 10.3. The molecule has 224 valence electrons. The molecule has 8 nitrogen and oxygen atoms in total. The summed E-state index contributed by atoms with van der Waals surface area (Å²) >= 11 is 0. The van der Waals surface area contributed by atoms with Gasteiger partial charge in [0.05, 0.1) is 13.2 Å². The Kier molecular flexibility index (Phi) is 14.8. The number of carboxylic acid groups (broad SMARTS) is 1. The van der Waals surface area contributed by atoms with Crippen molar-refractivity contribution < 1.29 is 38.3 Å². The van der Waals surface area contributed by atoms with Crippen molar-refractivity contribution in [2.45, 2.75) is 70.3 Å². The molecule has 41 heavy (non-hydrogen) atoms. The Hall–Kier alpha value is -3.41. The van der Waals surface area contributed by atoms with Gasteiger partial charge in [0.15, 0.2) is 28.6 Å². The maximum absolute atomic E-state index is 11.5. The minimum Gasteiger partial charge on any atom is -0.487 e. The highest BCUT2D eigenvalue weighted by Gasteiger charge is 2.34. The lowest BCUT2D eigenvalue weighted by molar-refractivity contribution is -0.149. The number of rotatable bonds is 11. The third-order valence-electron chi connectivity index (χ3n) is 6.53.